The van der Waals surface area contributed by atoms with Gasteiger partial charge in [-0.25, -0.2) is 0 Å². The van der Waals surface area contributed by atoms with E-state index in [0.29, 0.717) is 24.9 Å². The molecule has 0 unspecified atom stereocenters. The lowest BCUT2D eigenvalue weighted by Gasteiger charge is -2.31. The number of hydrogen-bond donors (Lipinski definition) is 1. The normalized spacial score (nSPS) is 20.3. The molecule has 6 heteroatoms. The number of amides is 1. The molecule has 1 aliphatic heterocycles. The molecule has 28 heavy (non-hydrogen) atoms. The highest BCUT2D eigenvalue weighted by molar-refractivity contribution is 5.79. The Hall–Kier alpha value is -2.00. The largest absolute Gasteiger partial charge is 0.416 e. The molecular formula is C22H33F3N2O. The molecule has 3 nitrogen and oxygen atoms in total. The average Bonchev–Trinajstić information content (AvgIpc) is 3.16. The van der Waals surface area contributed by atoms with Gasteiger partial charge in [-0.2, -0.15) is 13.2 Å². The van der Waals surface area contributed by atoms with E-state index in [4.69, 9.17) is 5.73 Å². The maximum absolute atomic E-state index is 12.8. The summed E-state index contributed by atoms with van der Waals surface area (Å²) in [7, 11) is 0. The van der Waals surface area contributed by atoms with Crippen LogP contribution in [0.5, 0.6) is 0 Å². The smallest absolute Gasteiger partial charge is 0.338 e. The minimum absolute atomic E-state index is 0.0380. The third-order valence-electron chi connectivity index (χ3n) is 4.68. The quantitative estimate of drug-likeness (QED) is 0.675. The van der Waals surface area contributed by atoms with Crippen LogP contribution in [0.1, 0.15) is 63.6 Å². The van der Waals surface area contributed by atoms with Gasteiger partial charge in [0.1, 0.15) is 0 Å². The van der Waals surface area contributed by atoms with E-state index in [1.165, 1.54) is 12.1 Å². The highest BCUT2D eigenvalue weighted by Crippen LogP contribution is 2.33. The summed E-state index contributed by atoms with van der Waals surface area (Å²) in [6, 6.07) is 3.90. The second kappa shape index (κ2) is 12.5. The Labute approximate surface area is 167 Å². The Bertz CT molecular complexity index is 626. The molecule has 0 bridgehead atoms. The van der Waals surface area contributed by atoms with Crippen LogP contribution in [0.15, 0.2) is 18.2 Å². The summed E-state index contributed by atoms with van der Waals surface area (Å²) in [6.07, 6.45) is 6.58. The minimum atomic E-state index is -4.35. The summed E-state index contributed by atoms with van der Waals surface area (Å²) < 4.78 is 38.4. The summed E-state index contributed by atoms with van der Waals surface area (Å²) in [4.78, 5) is 14.2. The van der Waals surface area contributed by atoms with Crippen molar-refractivity contribution in [3.8, 4) is 12.8 Å². The van der Waals surface area contributed by atoms with E-state index < -0.39 is 11.7 Å². The number of alkyl halides is 3. The minimum Gasteiger partial charge on any atom is -0.338 e. The number of carbonyl (C=O) groups excluding carboxylic acids is 1. The van der Waals surface area contributed by atoms with Crippen molar-refractivity contribution in [1.82, 2.24) is 4.90 Å². The fraction of sp³-hybridized carbons (Fsp3) is 0.591. The Morgan fingerprint density at radius 1 is 1.11 bits per heavy atom. The summed E-state index contributed by atoms with van der Waals surface area (Å²) in [5.41, 5.74) is 6.70. The second-order valence-corrected chi connectivity index (χ2v) is 6.26. The van der Waals surface area contributed by atoms with Gasteiger partial charge < -0.3 is 10.6 Å². The molecule has 1 aromatic carbocycles. The fourth-order valence-electron chi connectivity index (χ4n) is 3.42. The van der Waals surface area contributed by atoms with Crippen LogP contribution in [0, 0.1) is 18.8 Å². The SMILES string of the molecule is C#C.CC.CC.N[C@@H]1CC[C@H](C(=O)N2CCc3ccc(C(F)(F)F)cc3C2)C1. The third-order valence-corrected chi connectivity index (χ3v) is 4.68. The summed E-state index contributed by atoms with van der Waals surface area (Å²) >= 11 is 0. The molecule has 0 saturated heterocycles. The Kier molecular flexibility index (Phi) is 11.6. The highest BCUT2D eigenvalue weighted by atomic mass is 19.4. The number of nitrogens with zero attached hydrogens (tertiary/aromatic N) is 1. The molecule has 2 N–H and O–H groups in total. The molecule has 1 amide bonds. The van der Waals surface area contributed by atoms with Crippen molar-refractivity contribution < 1.29 is 18.0 Å². The van der Waals surface area contributed by atoms with Gasteiger partial charge >= 0.3 is 6.18 Å². The van der Waals surface area contributed by atoms with Crippen molar-refractivity contribution in [3.05, 3.63) is 34.9 Å². The van der Waals surface area contributed by atoms with Gasteiger partial charge in [0, 0.05) is 25.0 Å². The number of rotatable bonds is 1. The van der Waals surface area contributed by atoms with E-state index in [1.807, 2.05) is 27.7 Å². The molecule has 2 aliphatic rings. The molecule has 0 radical (unpaired) electrons. The first-order chi connectivity index (χ1) is 13.3. The predicted molar refractivity (Wildman–Crippen MR) is 108 cm³/mol. The van der Waals surface area contributed by atoms with Crippen molar-refractivity contribution in [1.29, 1.82) is 0 Å². The molecule has 1 aromatic rings. The average molecular weight is 399 g/mol. The van der Waals surface area contributed by atoms with Gasteiger partial charge in [0.25, 0.3) is 0 Å². The summed E-state index contributed by atoms with van der Waals surface area (Å²) in [5.74, 6) is -0.0293. The molecule has 1 heterocycles. The Morgan fingerprint density at radius 2 is 1.71 bits per heavy atom. The van der Waals surface area contributed by atoms with Crippen LogP contribution in [0.3, 0.4) is 0 Å². The number of benzene rings is 1. The fourth-order valence-corrected chi connectivity index (χ4v) is 3.42. The second-order valence-electron chi connectivity index (χ2n) is 6.26. The van der Waals surface area contributed by atoms with Crippen LogP contribution >= 0.6 is 0 Å². The Balaban J connectivity index is 0.00000111. The van der Waals surface area contributed by atoms with E-state index in [-0.39, 0.29) is 24.4 Å². The number of carbonyl (C=O) groups is 1. The number of fused-ring (bicyclic) bond motifs is 1. The van der Waals surface area contributed by atoms with Gasteiger partial charge in [-0.05, 0) is 48.9 Å². The first-order valence-electron chi connectivity index (χ1n) is 9.91. The summed E-state index contributed by atoms with van der Waals surface area (Å²) in [6.45, 7) is 8.84. The van der Waals surface area contributed by atoms with Crippen molar-refractivity contribution in [2.75, 3.05) is 6.54 Å². The molecule has 1 aliphatic carbocycles. The lowest BCUT2D eigenvalue weighted by molar-refractivity contribution is -0.137. The maximum Gasteiger partial charge on any atom is 0.416 e. The first kappa shape index (κ1) is 26.0. The lowest BCUT2D eigenvalue weighted by atomic mass is 9.95. The zero-order valence-corrected chi connectivity index (χ0v) is 17.4. The zero-order valence-electron chi connectivity index (χ0n) is 17.4. The molecular weight excluding hydrogens is 365 g/mol. The van der Waals surface area contributed by atoms with Crippen LogP contribution < -0.4 is 5.73 Å². The highest BCUT2D eigenvalue weighted by Gasteiger charge is 2.34. The molecule has 3 rings (SSSR count). The van der Waals surface area contributed by atoms with Crippen molar-refractivity contribution in [3.63, 3.8) is 0 Å². The molecule has 1 fully saturated rings. The van der Waals surface area contributed by atoms with Gasteiger partial charge in [0.15, 0.2) is 0 Å². The molecule has 158 valence electrons. The molecule has 1 saturated carbocycles. The zero-order chi connectivity index (χ0) is 21.9. The monoisotopic (exact) mass is 398 g/mol. The van der Waals surface area contributed by atoms with E-state index in [0.717, 1.165) is 24.5 Å². The van der Waals surface area contributed by atoms with Crippen LogP contribution in [0.2, 0.25) is 0 Å². The lowest BCUT2D eigenvalue weighted by Crippen LogP contribution is -2.39. The molecule has 0 aromatic heterocycles. The van der Waals surface area contributed by atoms with Gasteiger partial charge in [-0.3, -0.25) is 4.79 Å². The standard InChI is InChI=1S/C16H19F3N2O.2C2H6.C2H2/c17-16(18,19)13-3-1-10-5-6-21(9-12(10)7-13)15(22)11-2-4-14(20)8-11;3*1-2/h1,3,7,11,14H,2,4-6,8-9,20H2;2*1-2H3;1-2H/t11-,14+;;;/m0.../s1. The number of halogens is 3. The molecule has 2 atom stereocenters. The molecule has 0 spiro atoms. The Morgan fingerprint density at radius 3 is 2.21 bits per heavy atom. The predicted octanol–water partition coefficient (Wildman–Crippen LogP) is 5.02. The van der Waals surface area contributed by atoms with Crippen LogP contribution in [-0.4, -0.2) is 23.4 Å². The van der Waals surface area contributed by atoms with Crippen LogP contribution in [0.25, 0.3) is 0 Å². The van der Waals surface area contributed by atoms with Gasteiger partial charge in [0.05, 0.1) is 5.56 Å². The van der Waals surface area contributed by atoms with E-state index >= 15 is 0 Å². The van der Waals surface area contributed by atoms with E-state index in [9.17, 15) is 18.0 Å². The first-order valence-corrected chi connectivity index (χ1v) is 9.91. The van der Waals surface area contributed by atoms with Crippen molar-refractivity contribution in [2.45, 2.75) is 72.1 Å². The number of terminal acetylenes is 1. The van der Waals surface area contributed by atoms with Gasteiger partial charge in [0.2, 0.25) is 5.91 Å². The van der Waals surface area contributed by atoms with Gasteiger partial charge in [-0.1, -0.05) is 33.8 Å². The number of hydrogen-bond acceptors (Lipinski definition) is 2. The van der Waals surface area contributed by atoms with E-state index in [2.05, 4.69) is 12.8 Å². The summed E-state index contributed by atoms with van der Waals surface area (Å²) in [5, 5.41) is 0. The topological polar surface area (TPSA) is 46.3 Å². The van der Waals surface area contributed by atoms with Crippen LogP contribution in [0.4, 0.5) is 13.2 Å². The number of nitrogens with two attached hydrogens (primary N) is 1. The van der Waals surface area contributed by atoms with Crippen LogP contribution in [-0.2, 0) is 23.9 Å². The third kappa shape index (κ3) is 6.87. The van der Waals surface area contributed by atoms with Gasteiger partial charge in [-0.15, -0.1) is 12.8 Å². The van der Waals surface area contributed by atoms with E-state index in [1.54, 1.807) is 4.90 Å². The van der Waals surface area contributed by atoms with Crippen molar-refractivity contribution in [2.24, 2.45) is 11.7 Å². The van der Waals surface area contributed by atoms with Crippen molar-refractivity contribution >= 4 is 5.91 Å². The maximum atomic E-state index is 12.8.